The molecule has 1 aromatic carbocycles. The molecule has 0 radical (unpaired) electrons. The summed E-state index contributed by atoms with van der Waals surface area (Å²) in [6.07, 6.45) is 1.46. The summed E-state index contributed by atoms with van der Waals surface area (Å²) in [5, 5.41) is -0.0747. The van der Waals surface area contributed by atoms with Gasteiger partial charge in [0.2, 0.25) is 5.95 Å². The number of imidazole rings is 1. The number of nitrogen functional groups attached to an aromatic ring is 1. The van der Waals surface area contributed by atoms with E-state index in [-0.39, 0.29) is 23.4 Å². The fourth-order valence-corrected chi connectivity index (χ4v) is 2.67. The molecule has 3 rings (SSSR count). The zero-order valence-electron chi connectivity index (χ0n) is 12.3. The third-order valence-corrected chi connectivity index (χ3v) is 4.24. The van der Waals surface area contributed by atoms with E-state index in [1.165, 1.54) is 30.6 Å². The Hall–Kier alpha value is -2.68. The molecule has 3 aromatic rings. The van der Waals surface area contributed by atoms with E-state index in [4.69, 9.17) is 20.3 Å². The van der Waals surface area contributed by atoms with Gasteiger partial charge < -0.3 is 24.8 Å². The maximum atomic E-state index is 11.7. The Labute approximate surface area is 135 Å². The molecule has 0 atom stereocenters. The monoisotopic (exact) mass is 351 g/mol. The number of fused-ring (bicyclic) bond motifs is 1. The van der Waals surface area contributed by atoms with Gasteiger partial charge in [0.25, 0.3) is 5.56 Å². The van der Waals surface area contributed by atoms with Gasteiger partial charge in [-0.05, 0) is 24.3 Å². The normalized spacial score (nSPS) is 11.8. The van der Waals surface area contributed by atoms with E-state index in [1.54, 1.807) is 4.57 Å². The van der Waals surface area contributed by atoms with Gasteiger partial charge in [-0.2, -0.15) is 4.98 Å². The van der Waals surface area contributed by atoms with Gasteiger partial charge in [-0.15, -0.1) is 0 Å². The van der Waals surface area contributed by atoms with Crippen molar-refractivity contribution in [1.82, 2.24) is 19.5 Å². The maximum absolute atomic E-state index is 11.7. The van der Waals surface area contributed by atoms with Crippen molar-refractivity contribution in [2.45, 2.75) is 6.54 Å². The smallest absolute Gasteiger partial charge is 0.356 e. The molecule has 0 unspecified atom stereocenters. The van der Waals surface area contributed by atoms with Crippen molar-refractivity contribution in [2.75, 3.05) is 12.3 Å². The van der Waals surface area contributed by atoms with Crippen molar-refractivity contribution in [3.63, 3.8) is 0 Å². The molecule has 0 fully saturated rings. The van der Waals surface area contributed by atoms with Crippen molar-refractivity contribution < 1.29 is 19.1 Å². The molecule has 0 saturated carbocycles. The standard InChI is InChI=1S/C13H14N5O5P/c14-13-16-11-10(12(19)17-13)15-7-18(11)5-6-23-8-1-3-9(4-2-8)24(20,21)22/h1-4,7H,5-6H2,(H2,20,21,22)(H3,14,16,17,19). The van der Waals surface area contributed by atoms with Gasteiger partial charge >= 0.3 is 7.60 Å². The lowest BCUT2D eigenvalue weighted by Gasteiger charge is -2.09. The first-order valence-corrected chi connectivity index (χ1v) is 8.45. The predicted octanol–water partition coefficient (Wildman–Crippen LogP) is -0.416. The zero-order valence-corrected chi connectivity index (χ0v) is 13.2. The molecule has 0 spiro atoms. The minimum atomic E-state index is -4.26. The Kier molecular flexibility index (Phi) is 4.10. The Morgan fingerprint density at radius 1 is 1.29 bits per heavy atom. The van der Waals surface area contributed by atoms with Crippen LogP contribution in [0.15, 0.2) is 35.4 Å². The Balaban J connectivity index is 1.69. The van der Waals surface area contributed by atoms with Crippen LogP contribution in [0.2, 0.25) is 0 Å². The molecule has 0 bridgehead atoms. The van der Waals surface area contributed by atoms with Crippen molar-refractivity contribution in [1.29, 1.82) is 0 Å². The molecule has 0 amide bonds. The zero-order chi connectivity index (χ0) is 17.3. The first-order chi connectivity index (χ1) is 11.3. The minimum absolute atomic E-state index is 0.00296. The van der Waals surface area contributed by atoms with Gasteiger partial charge in [0.15, 0.2) is 11.2 Å². The number of nitrogens with one attached hydrogen (secondary N) is 1. The van der Waals surface area contributed by atoms with E-state index in [9.17, 15) is 9.36 Å². The number of hydrogen-bond acceptors (Lipinski definition) is 6. The average molecular weight is 351 g/mol. The summed E-state index contributed by atoms with van der Waals surface area (Å²) < 4.78 is 18.2. The quantitative estimate of drug-likeness (QED) is 0.452. The summed E-state index contributed by atoms with van der Waals surface area (Å²) in [5.74, 6) is 0.463. The Bertz CT molecular complexity index is 975. The van der Waals surface area contributed by atoms with Crippen LogP contribution in [0.1, 0.15) is 0 Å². The lowest BCUT2D eigenvalue weighted by atomic mass is 10.3. The number of hydrogen-bond donors (Lipinski definition) is 4. The summed E-state index contributed by atoms with van der Waals surface area (Å²) >= 11 is 0. The number of aromatic amines is 1. The average Bonchev–Trinajstić information content (AvgIpc) is 2.90. The second kappa shape index (κ2) is 6.08. The van der Waals surface area contributed by atoms with Crippen LogP contribution >= 0.6 is 7.60 Å². The highest BCUT2D eigenvalue weighted by molar-refractivity contribution is 7.60. The molecule has 24 heavy (non-hydrogen) atoms. The van der Waals surface area contributed by atoms with Gasteiger partial charge in [-0.25, -0.2) is 4.98 Å². The fraction of sp³-hybridized carbons (Fsp3) is 0.154. The number of nitrogens with two attached hydrogens (primary N) is 1. The Morgan fingerprint density at radius 3 is 2.67 bits per heavy atom. The molecule has 0 aliphatic heterocycles. The third-order valence-electron chi connectivity index (χ3n) is 3.27. The number of H-pyrrole nitrogens is 1. The second-order valence-corrected chi connectivity index (χ2v) is 6.55. The number of benzene rings is 1. The summed E-state index contributed by atoms with van der Waals surface area (Å²) in [6, 6.07) is 5.57. The Morgan fingerprint density at radius 2 is 2.00 bits per heavy atom. The largest absolute Gasteiger partial charge is 0.492 e. The van der Waals surface area contributed by atoms with Crippen molar-refractivity contribution in [3.8, 4) is 5.75 Å². The van der Waals surface area contributed by atoms with Crippen LogP contribution < -0.4 is 21.3 Å². The number of nitrogens with zero attached hydrogens (tertiary/aromatic N) is 3. The molecule has 126 valence electrons. The molecular formula is C13H14N5O5P. The van der Waals surface area contributed by atoms with Gasteiger partial charge in [0, 0.05) is 0 Å². The molecule has 2 heterocycles. The highest BCUT2D eigenvalue weighted by Crippen LogP contribution is 2.33. The summed E-state index contributed by atoms with van der Waals surface area (Å²) in [4.78, 5) is 40.1. The van der Waals surface area contributed by atoms with Gasteiger partial charge in [-0.3, -0.25) is 14.3 Å². The van der Waals surface area contributed by atoms with Crippen LogP contribution in [-0.2, 0) is 11.1 Å². The summed E-state index contributed by atoms with van der Waals surface area (Å²) in [5.41, 5.74) is 5.66. The third kappa shape index (κ3) is 3.30. The van der Waals surface area contributed by atoms with Crippen molar-refractivity contribution >= 4 is 30.0 Å². The van der Waals surface area contributed by atoms with E-state index < -0.39 is 13.2 Å². The first kappa shape index (κ1) is 16.2. The number of anilines is 1. The molecule has 11 heteroatoms. The molecule has 2 aromatic heterocycles. The molecule has 0 saturated heterocycles. The number of rotatable bonds is 5. The minimum Gasteiger partial charge on any atom is -0.492 e. The summed E-state index contributed by atoms with van der Waals surface area (Å²) in [6.45, 7) is 0.613. The van der Waals surface area contributed by atoms with Crippen molar-refractivity contribution in [2.24, 2.45) is 0 Å². The fourth-order valence-electron chi connectivity index (χ4n) is 2.13. The van der Waals surface area contributed by atoms with Gasteiger partial charge in [0.05, 0.1) is 18.2 Å². The van der Waals surface area contributed by atoms with Gasteiger partial charge in [-0.1, -0.05) is 0 Å². The highest BCUT2D eigenvalue weighted by Gasteiger charge is 2.16. The second-order valence-electron chi connectivity index (χ2n) is 4.95. The first-order valence-electron chi connectivity index (χ1n) is 6.84. The van der Waals surface area contributed by atoms with Crippen LogP contribution in [-0.4, -0.2) is 35.9 Å². The summed E-state index contributed by atoms with van der Waals surface area (Å²) in [7, 11) is -4.26. The lowest BCUT2D eigenvalue weighted by molar-refractivity contribution is 0.300. The van der Waals surface area contributed by atoms with E-state index in [2.05, 4.69) is 15.0 Å². The van der Waals surface area contributed by atoms with Gasteiger partial charge in [0.1, 0.15) is 12.4 Å². The lowest BCUT2D eigenvalue weighted by Crippen LogP contribution is -2.13. The van der Waals surface area contributed by atoms with Crippen LogP contribution in [0, 0.1) is 0 Å². The highest BCUT2D eigenvalue weighted by atomic mass is 31.2. The van der Waals surface area contributed by atoms with Crippen molar-refractivity contribution in [3.05, 3.63) is 40.9 Å². The molecule has 5 N–H and O–H groups in total. The molecule has 10 nitrogen and oxygen atoms in total. The van der Waals surface area contributed by atoms with Crippen LogP contribution in [0.25, 0.3) is 11.2 Å². The maximum Gasteiger partial charge on any atom is 0.356 e. The number of ether oxygens (including phenoxy) is 1. The molecule has 0 aliphatic rings. The van der Waals surface area contributed by atoms with Crippen LogP contribution in [0.4, 0.5) is 5.95 Å². The van der Waals surface area contributed by atoms with Crippen LogP contribution in [0.5, 0.6) is 5.75 Å². The topological polar surface area (TPSA) is 156 Å². The van der Waals surface area contributed by atoms with E-state index >= 15 is 0 Å². The van der Waals surface area contributed by atoms with E-state index in [0.717, 1.165) is 0 Å². The predicted molar refractivity (Wildman–Crippen MR) is 86.2 cm³/mol. The molecule has 0 aliphatic carbocycles. The SMILES string of the molecule is Nc1nc2c(ncn2CCOc2ccc(P(=O)(O)O)cc2)c(=O)[nH]1. The molecular weight excluding hydrogens is 337 g/mol. The number of aromatic nitrogens is 4. The van der Waals surface area contributed by atoms with E-state index in [0.29, 0.717) is 17.9 Å². The van der Waals surface area contributed by atoms with Crippen LogP contribution in [0.3, 0.4) is 0 Å². The van der Waals surface area contributed by atoms with E-state index in [1.807, 2.05) is 0 Å².